The van der Waals surface area contributed by atoms with Gasteiger partial charge < -0.3 is 15.5 Å². The predicted molar refractivity (Wildman–Crippen MR) is 67.7 cm³/mol. The minimum absolute atomic E-state index is 0.0788. The number of hydrogen-bond donors (Lipinski definition) is 3. The molecule has 98 valence electrons. The van der Waals surface area contributed by atoms with Crippen LogP contribution in [0.1, 0.15) is 26.7 Å². The van der Waals surface area contributed by atoms with Gasteiger partial charge in [0, 0.05) is 6.42 Å². The third-order valence-electron chi connectivity index (χ3n) is 2.04. The summed E-state index contributed by atoms with van der Waals surface area (Å²) in [4.78, 5) is 22.4. The molecule has 0 fully saturated rings. The van der Waals surface area contributed by atoms with Gasteiger partial charge >= 0.3 is 5.97 Å². The summed E-state index contributed by atoms with van der Waals surface area (Å²) in [5.74, 6) is -1.67. The van der Waals surface area contributed by atoms with Gasteiger partial charge in [-0.05, 0) is 16.8 Å². The summed E-state index contributed by atoms with van der Waals surface area (Å²) in [7, 11) is 0. The lowest BCUT2D eigenvalue weighted by Crippen LogP contribution is -2.45. The highest BCUT2D eigenvalue weighted by molar-refractivity contribution is 9.11. The minimum atomic E-state index is -1.18. The van der Waals surface area contributed by atoms with Crippen LogP contribution in [-0.4, -0.2) is 34.2 Å². The SMILES string of the molecule is C=C(Br)C[C@@H](NC(=O)[C@@H](O)CC(C)C)C(=O)O. The fraction of sp³-hybridized carbons (Fsp3) is 0.636. The number of rotatable bonds is 7. The van der Waals surface area contributed by atoms with Gasteiger partial charge in [0.2, 0.25) is 5.91 Å². The Morgan fingerprint density at radius 1 is 1.41 bits per heavy atom. The van der Waals surface area contributed by atoms with E-state index < -0.39 is 24.0 Å². The van der Waals surface area contributed by atoms with Gasteiger partial charge in [-0.3, -0.25) is 4.79 Å². The van der Waals surface area contributed by atoms with Crippen LogP contribution in [0.15, 0.2) is 11.1 Å². The average molecular weight is 308 g/mol. The average Bonchev–Trinajstić information content (AvgIpc) is 2.14. The van der Waals surface area contributed by atoms with Crippen LogP contribution in [0.5, 0.6) is 0 Å². The van der Waals surface area contributed by atoms with Crippen LogP contribution < -0.4 is 5.32 Å². The highest BCUT2D eigenvalue weighted by Gasteiger charge is 2.24. The zero-order valence-corrected chi connectivity index (χ0v) is 11.5. The van der Waals surface area contributed by atoms with Gasteiger partial charge in [0.05, 0.1) is 0 Å². The van der Waals surface area contributed by atoms with Crippen LogP contribution in [0.25, 0.3) is 0 Å². The number of aliphatic carboxylic acids is 1. The van der Waals surface area contributed by atoms with E-state index in [4.69, 9.17) is 5.11 Å². The second-order valence-corrected chi connectivity index (χ2v) is 5.39. The summed E-state index contributed by atoms with van der Waals surface area (Å²) in [6.07, 6.45) is -0.802. The minimum Gasteiger partial charge on any atom is -0.480 e. The molecule has 0 rings (SSSR count). The molecule has 1 amide bonds. The lowest BCUT2D eigenvalue weighted by Gasteiger charge is -2.17. The predicted octanol–water partition coefficient (Wildman–Crippen LogP) is 1.26. The number of aliphatic hydroxyl groups is 1. The molecule has 17 heavy (non-hydrogen) atoms. The van der Waals surface area contributed by atoms with Gasteiger partial charge in [0.25, 0.3) is 0 Å². The molecule has 0 aromatic heterocycles. The highest BCUT2D eigenvalue weighted by Crippen LogP contribution is 2.11. The quantitative estimate of drug-likeness (QED) is 0.661. The van der Waals surface area contributed by atoms with Crippen LogP contribution >= 0.6 is 15.9 Å². The lowest BCUT2D eigenvalue weighted by molar-refractivity contribution is -0.143. The maximum absolute atomic E-state index is 11.5. The van der Waals surface area contributed by atoms with Gasteiger partial charge in [-0.25, -0.2) is 4.79 Å². The third-order valence-corrected chi connectivity index (χ3v) is 2.36. The molecule has 0 spiro atoms. The Balaban J connectivity index is 4.39. The van der Waals surface area contributed by atoms with E-state index >= 15 is 0 Å². The highest BCUT2D eigenvalue weighted by atomic mass is 79.9. The zero-order valence-electron chi connectivity index (χ0n) is 9.94. The smallest absolute Gasteiger partial charge is 0.326 e. The van der Waals surface area contributed by atoms with E-state index in [1.165, 1.54) is 0 Å². The first-order valence-electron chi connectivity index (χ1n) is 5.28. The van der Waals surface area contributed by atoms with Gasteiger partial charge in [0.1, 0.15) is 12.1 Å². The summed E-state index contributed by atoms with van der Waals surface area (Å²) in [6, 6.07) is -1.07. The van der Waals surface area contributed by atoms with E-state index in [1.54, 1.807) is 0 Å². The Morgan fingerprint density at radius 3 is 2.29 bits per heavy atom. The van der Waals surface area contributed by atoms with E-state index in [1.807, 2.05) is 13.8 Å². The molecule has 2 atom stereocenters. The van der Waals surface area contributed by atoms with Gasteiger partial charge in [-0.15, -0.1) is 0 Å². The largest absolute Gasteiger partial charge is 0.480 e. The van der Waals surface area contributed by atoms with Gasteiger partial charge in [-0.2, -0.15) is 0 Å². The summed E-state index contributed by atoms with van der Waals surface area (Å²) in [5.41, 5.74) is 0. The molecule has 0 heterocycles. The maximum atomic E-state index is 11.5. The Labute approximate surface area is 109 Å². The first kappa shape index (κ1) is 16.1. The molecule has 0 aromatic carbocycles. The number of carbonyl (C=O) groups is 2. The molecule has 0 radical (unpaired) electrons. The monoisotopic (exact) mass is 307 g/mol. The Morgan fingerprint density at radius 2 is 1.94 bits per heavy atom. The first-order valence-corrected chi connectivity index (χ1v) is 6.07. The van der Waals surface area contributed by atoms with Crippen molar-refractivity contribution in [2.24, 2.45) is 5.92 Å². The van der Waals surface area contributed by atoms with E-state index in [0.717, 1.165) is 0 Å². The molecular weight excluding hydrogens is 290 g/mol. The number of carboxylic acids is 1. The number of amides is 1. The van der Waals surface area contributed by atoms with Crippen LogP contribution in [0.4, 0.5) is 0 Å². The lowest BCUT2D eigenvalue weighted by atomic mass is 10.1. The summed E-state index contributed by atoms with van der Waals surface area (Å²) in [5, 5.41) is 20.7. The third kappa shape index (κ3) is 7.12. The number of hydrogen-bond acceptors (Lipinski definition) is 3. The van der Waals surface area contributed by atoms with Crippen molar-refractivity contribution in [1.82, 2.24) is 5.32 Å². The second-order valence-electron chi connectivity index (χ2n) is 4.27. The van der Waals surface area contributed by atoms with Crippen molar-refractivity contribution in [3.8, 4) is 0 Å². The fourth-order valence-corrected chi connectivity index (χ4v) is 1.57. The van der Waals surface area contributed by atoms with Crippen molar-refractivity contribution in [3.63, 3.8) is 0 Å². The zero-order chi connectivity index (χ0) is 13.6. The molecule has 0 aromatic rings. The molecule has 0 unspecified atom stereocenters. The normalized spacial score (nSPS) is 14.2. The Hall–Kier alpha value is -0.880. The summed E-state index contributed by atoms with van der Waals surface area (Å²) >= 11 is 3.04. The van der Waals surface area contributed by atoms with Crippen molar-refractivity contribution < 1.29 is 19.8 Å². The fourth-order valence-electron chi connectivity index (χ4n) is 1.24. The molecule has 0 aliphatic rings. The molecule has 0 bridgehead atoms. The Kier molecular flexibility index (Phi) is 7.06. The molecule has 0 aliphatic carbocycles. The number of carbonyl (C=O) groups excluding carboxylic acids is 1. The van der Waals surface area contributed by atoms with Crippen molar-refractivity contribution in [3.05, 3.63) is 11.1 Å². The summed E-state index contributed by atoms with van der Waals surface area (Å²) in [6.45, 7) is 7.25. The molecular formula is C11H18BrNO4. The van der Waals surface area contributed by atoms with Crippen LogP contribution in [0.3, 0.4) is 0 Å². The van der Waals surface area contributed by atoms with Crippen LogP contribution in [-0.2, 0) is 9.59 Å². The van der Waals surface area contributed by atoms with Crippen molar-refractivity contribution in [2.45, 2.75) is 38.8 Å². The van der Waals surface area contributed by atoms with Crippen molar-refractivity contribution in [2.75, 3.05) is 0 Å². The Bertz CT molecular complexity index is 304. The van der Waals surface area contributed by atoms with E-state index in [9.17, 15) is 14.7 Å². The van der Waals surface area contributed by atoms with E-state index in [-0.39, 0.29) is 12.3 Å². The number of carboxylic acid groups (broad SMARTS) is 1. The van der Waals surface area contributed by atoms with E-state index in [2.05, 4.69) is 27.8 Å². The molecule has 0 saturated carbocycles. The molecule has 5 nitrogen and oxygen atoms in total. The first-order chi connectivity index (χ1) is 7.73. The number of nitrogens with one attached hydrogen (secondary N) is 1. The molecule has 6 heteroatoms. The molecule has 0 saturated heterocycles. The standard InChI is InChI=1S/C11H18BrNO4/c1-6(2)4-9(14)10(15)13-8(11(16)17)5-7(3)12/h6,8-9,14H,3-5H2,1-2H3,(H,13,15)(H,16,17)/t8-,9+/m1/s1. The summed E-state index contributed by atoms with van der Waals surface area (Å²) < 4.78 is 0.476. The van der Waals surface area contributed by atoms with Gasteiger partial charge in [0.15, 0.2) is 0 Å². The van der Waals surface area contributed by atoms with Crippen molar-refractivity contribution in [1.29, 1.82) is 0 Å². The van der Waals surface area contributed by atoms with Crippen molar-refractivity contribution >= 4 is 27.8 Å². The van der Waals surface area contributed by atoms with Crippen LogP contribution in [0.2, 0.25) is 0 Å². The van der Waals surface area contributed by atoms with E-state index in [0.29, 0.717) is 10.9 Å². The molecule has 3 N–H and O–H groups in total. The number of halogens is 1. The van der Waals surface area contributed by atoms with Crippen LogP contribution in [0, 0.1) is 5.92 Å². The molecule has 0 aliphatic heterocycles. The topological polar surface area (TPSA) is 86.6 Å². The number of aliphatic hydroxyl groups excluding tert-OH is 1. The second kappa shape index (κ2) is 7.45. The van der Waals surface area contributed by atoms with Gasteiger partial charge in [-0.1, -0.05) is 36.4 Å². The maximum Gasteiger partial charge on any atom is 0.326 e.